The van der Waals surface area contributed by atoms with Crippen molar-refractivity contribution in [3.05, 3.63) is 24.2 Å². The minimum absolute atomic E-state index is 0.201. The van der Waals surface area contributed by atoms with Crippen LogP contribution in [0.1, 0.15) is 36.5 Å². The van der Waals surface area contributed by atoms with Crippen LogP contribution in [-0.4, -0.2) is 18.9 Å². The maximum absolute atomic E-state index is 11.9. The number of furan rings is 1. The lowest BCUT2D eigenvalue weighted by atomic mass is 9.84. The van der Waals surface area contributed by atoms with Gasteiger partial charge >= 0.3 is 0 Å². The molecule has 0 spiro atoms. The minimum Gasteiger partial charge on any atom is -0.472 e. The quantitative estimate of drug-likeness (QED) is 0.794. The maximum atomic E-state index is 11.9. The van der Waals surface area contributed by atoms with E-state index < -0.39 is 0 Å². The highest BCUT2D eigenvalue weighted by Gasteiger charge is 2.22. The Labute approximate surface area is 96.2 Å². The molecule has 0 amide bonds. The summed E-state index contributed by atoms with van der Waals surface area (Å²) >= 11 is 0. The average molecular weight is 221 g/mol. The predicted octanol–water partition coefficient (Wildman–Crippen LogP) is 2.49. The van der Waals surface area contributed by atoms with Gasteiger partial charge < -0.3 is 9.73 Å². The number of ketones is 1. The van der Waals surface area contributed by atoms with Crippen molar-refractivity contribution in [2.75, 3.05) is 13.1 Å². The van der Waals surface area contributed by atoms with Crippen molar-refractivity contribution in [2.24, 2.45) is 11.8 Å². The summed E-state index contributed by atoms with van der Waals surface area (Å²) in [5.74, 6) is 1.30. The van der Waals surface area contributed by atoms with Gasteiger partial charge in [-0.15, -0.1) is 0 Å². The van der Waals surface area contributed by atoms with Crippen LogP contribution in [-0.2, 0) is 0 Å². The first-order chi connectivity index (χ1) is 7.77. The molecule has 0 aliphatic carbocycles. The third kappa shape index (κ3) is 2.73. The van der Waals surface area contributed by atoms with Gasteiger partial charge in [0.1, 0.15) is 6.26 Å². The molecule has 16 heavy (non-hydrogen) atoms. The van der Waals surface area contributed by atoms with Crippen LogP contribution in [0.15, 0.2) is 23.0 Å². The van der Waals surface area contributed by atoms with E-state index in [1.54, 1.807) is 12.3 Å². The first kappa shape index (κ1) is 11.4. The van der Waals surface area contributed by atoms with Gasteiger partial charge in [0.05, 0.1) is 11.8 Å². The molecule has 0 aromatic carbocycles. The van der Waals surface area contributed by atoms with Gasteiger partial charge in [0, 0.05) is 6.42 Å². The Bertz CT molecular complexity index is 326. The number of rotatable bonds is 4. The van der Waals surface area contributed by atoms with Crippen LogP contribution in [0, 0.1) is 11.8 Å². The Hall–Kier alpha value is -1.09. The second-order valence-electron chi connectivity index (χ2n) is 4.72. The van der Waals surface area contributed by atoms with Crippen molar-refractivity contribution in [3.63, 3.8) is 0 Å². The van der Waals surface area contributed by atoms with Crippen LogP contribution in [0.2, 0.25) is 0 Å². The van der Waals surface area contributed by atoms with Gasteiger partial charge in [-0.2, -0.15) is 0 Å². The standard InChI is InChI=1S/C13H19NO2/c1-10(11-3-2-5-14-8-11)7-13(15)12-4-6-16-9-12/h4,6,9-11,14H,2-3,5,7-8H2,1H3. The number of nitrogens with one attached hydrogen (secondary N) is 1. The zero-order chi connectivity index (χ0) is 11.4. The van der Waals surface area contributed by atoms with Crippen LogP contribution >= 0.6 is 0 Å². The molecule has 0 saturated carbocycles. The van der Waals surface area contributed by atoms with Crippen molar-refractivity contribution in [3.8, 4) is 0 Å². The van der Waals surface area contributed by atoms with Gasteiger partial charge in [0.2, 0.25) is 0 Å². The van der Waals surface area contributed by atoms with E-state index in [2.05, 4.69) is 12.2 Å². The smallest absolute Gasteiger partial charge is 0.166 e. The van der Waals surface area contributed by atoms with E-state index in [1.165, 1.54) is 19.1 Å². The second kappa shape index (κ2) is 5.30. The normalized spacial score (nSPS) is 22.9. The Morgan fingerprint density at radius 1 is 1.69 bits per heavy atom. The highest BCUT2D eigenvalue weighted by Crippen LogP contribution is 2.24. The minimum atomic E-state index is 0.201. The fraction of sp³-hybridized carbons (Fsp3) is 0.615. The number of carbonyl (C=O) groups is 1. The molecule has 1 aliphatic rings. The Kier molecular flexibility index (Phi) is 3.78. The predicted molar refractivity (Wildman–Crippen MR) is 62.4 cm³/mol. The van der Waals surface area contributed by atoms with E-state index in [0.29, 0.717) is 23.8 Å². The summed E-state index contributed by atoms with van der Waals surface area (Å²) in [4.78, 5) is 11.9. The van der Waals surface area contributed by atoms with E-state index in [9.17, 15) is 4.79 Å². The summed E-state index contributed by atoms with van der Waals surface area (Å²) in [6.45, 7) is 4.36. The topological polar surface area (TPSA) is 42.2 Å². The SMILES string of the molecule is CC(CC(=O)c1ccoc1)C1CCCNC1. The molecule has 3 nitrogen and oxygen atoms in total. The lowest BCUT2D eigenvalue weighted by Crippen LogP contribution is -2.33. The number of carbonyl (C=O) groups excluding carboxylic acids is 1. The van der Waals surface area contributed by atoms with Crippen LogP contribution in [0.25, 0.3) is 0 Å². The number of piperidine rings is 1. The molecule has 1 fully saturated rings. The van der Waals surface area contributed by atoms with Crippen molar-refractivity contribution in [1.29, 1.82) is 0 Å². The van der Waals surface area contributed by atoms with Crippen LogP contribution < -0.4 is 5.32 Å². The molecule has 1 aromatic rings. The van der Waals surface area contributed by atoms with E-state index in [4.69, 9.17) is 4.42 Å². The Morgan fingerprint density at radius 2 is 2.56 bits per heavy atom. The monoisotopic (exact) mass is 221 g/mol. The van der Waals surface area contributed by atoms with Crippen molar-refractivity contribution in [2.45, 2.75) is 26.2 Å². The highest BCUT2D eigenvalue weighted by molar-refractivity contribution is 5.95. The summed E-state index contributed by atoms with van der Waals surface area (Å²) in [6, 6.07) is 1.74. The maximum Gasteiger partial charge on any atom is 0.166 e. The molecule has 1 N–H and O–H groups in total. The number of Topliss-reactive ketones (excluding diaryl/α,β-unsaturated/α-hetero) is 1. The zero-order valence-electron chi connectivity index (χ0n) is 9.74. The fourth-order valence-electron chi connectivity index (χ4n) is 2.36. The summed E-state index contributed by atoms with van der Waals surface area (Å²) < 4.78 is 4.93. The molecule has 3 heteroatoms. The van der Waals surface area contributed by atoms with Crippen molar-refractivity contribution >= 4 is 5.78 Å². The number of hydrogen-bond donors (Lipinski definition) is 1. The molecule has 1 saturated heterocycles. The van der Waals surface area contributed by atoms with Crippen LogP contribution in [0.5, 0.6) is 0 Å². The summed E-state index contributed by atoms with van der Waals surface area (Å²) in [7, 11) is 0. The van der Waals surface area contributed by atoms with Gasteiger partial charge in [-0.1, -0.05) is 6.92 Å². The lowest BCUT2D eigenvalue weighted by Gasteiger charge is -2.27. The first-order valence-corrected chi connectivity index (χ1v) is 6.03. The van der Waals surface area contributed by atoms with Gasteiger partial charge in [0.15, 0.2) is 5.78 Å². The molecular formula is C13H19NO2. The van der Waals surface area contributed by atoms with Crippen LogP contribution in [0.3, 0.4) is 0 Å². The molecular weight excluding hydrogens is 202 g/mol. The fourth-order valence-corrected chi connectivity index (χ4v) is 2.36. The van der Waals surface area contributed by atoms with Crippen molar-refractivity contribution in [1.82, 2.24) is 5.32 Å². The third-order valence-corrected chi connectivity index (χ3v) is 3.49. The lowest BCUT2D eigenvalue weighted by molar-refractivity contribution is 0.0942. The second-order valence-corrected chi connectivity index (χ2v) is 4.72. The van der Waals surface area contributed by atoms with Crippen molar-refractivity contribution < 1.29 is 9.21 Å². The van der Waals surface area contributed by atoms with E-state index in [0.717, 1.165) is 13.1 Å². The zero-order valence-corrected chi connectivity index (χ0v) is 9.74. The summed E-state index contributed by atoms with van der Waals surface area (Å²) in [6.07, 6.45) is 6.20. The van der Waals surface area contributed by atoms with E-state index in [-0.39, 0.29) is 5.78 Å². The summed E-state index contributed by atoms with van der Waals surface area (Å²) in [5.41, 5.74) is 0.704. The van der Waals surface area contributed by atoms with Gasteiger partial charge in [-0.05, 0) is 43.8 Å². The molecule has 88 valence electrons. The van der Waals surface area contributed by atoms with Gasteiger partial charge in [-0.3, -0.25) is 4.79 Å². The Balaban J connectivity index is 1.86. The van der Waals surface area contributed by atoms with E-state index in [1.807, 2.05) is 0 Å². The van der Waals surface area contributed by atoms with Crippen LogP contribution in [0.4, 0.5) is 0 Å². The van der Waals surface area contributed by atoms with Gasteiger partial charge in [-0.25, -0.2) is 0 Å². The molecule has 2 rings (SSSR count). The number of hydrogen-bond acceptors (Lipinski definition) is 3. The molecule has 0 radical (unpaired) electrons. The highest BCUT2D eigenvalue weighted by atomic mass is 16.3. The van der Waals surface area contributed by atoms with E-state index >= 15 is 0 Å². The molecule has 2 heterocycles. The molecule has 2 atom stereocenters. The largest absolute Gasteiger partial charge is 0.472 e. The molecule has 1 aromatic heterocycles. The Morgan fingerprint density at radius 3 is 3.19 bits per heavy atom. The van der Waals surface area contributed by atoms with Gasteiger partial charge in [0.25, 0.3) is 0 Å². The average Bonchev–Trinajstić information content (AvgIpc) is 2.83. The first-order valence-electron chi connectivity index (χ1n) is 6.03. The third-order valence-electron chi connectivity index (χ3n) is 3.49. The molecule has 1 aliphatic heterocycles. The molecule has 0 bridgehead atoms. The molecule has 2 unspecified atom stereocenters. The summed E-state index contributed by atoms with van der Waals surface area (Å²) in [5, 5.41) is 3.39.